The number of benzene rings is 1. The summed E-state index contributed by atoms with van der Waals surface area (Å²) in [4.78, 5) is 25.8. The van der Waals surface area contributed by atoms with Crippen molar-refractivity contribution >= 4 is 18.1 Å². The lowest BCUT2D eigenvalue weighted by molar-refractivity contribution is 0.186. The van der Waals surface area contributed by atoms with E-state index in [0.29, 0.717) is 17.4 Å². The highest BCUT2D eigenvalue weighted by atomic mass is 35.5. The molecule has 1 saturated heterocycles. The van der Waals surface area contributed by atoms with Gasteiger partial charge in [-0.05, 0) is 75.0 Å². The molecule has 0 amide bonds. The van der Waals surface area contributed by atoms with E-state index in [0.717, 1.165) is 81.1 Å². The van der Waals surface area contributed by atoms with Gasteiger partial charge in [-0.3, -0.25) is 9.69 Å². The third-order valence-corrected chi connectivity index (χ3v) is 8.32. The third kappa shape index (κ3) is 4.08. The van der Waals surface area contributed by atoms with Crippen molar-refractivity contribution in [2.45, 2.75) is 63.3 Å². The van der Waals surface area contributed by atoms with E-state index in [1.54, 1.807) is 12.1 Å². The fourth-order valence-corrected chi connectivity index (χ4v) is 6.15. The molecule has 4 aliphatic rings. The number of nitrogens with one attached hydrogen (secondary N) is 1. The smallest absolute Gasteiger partial charge is 0.254 e. The SMILES string of the molecule is Cl.O=c1[nH]c([C@H]2CC[C@H](N3CCN(c4cccc(F)c4)CC3)C2)nc2c1CC1(CC2)CC1. The average molecular weight is 459 g/mol. The number of hydrogen-bond donors (Lipinski definition) is 1. The van der Waals surface area contributed by atoms with Crippen LogP contribution in [0.4, 0.5) is 10.1 Å². The van der Waals surface area contributed by atoms with Crippen LogP contribution in [0, 0.1) is 11.2 Å². The summed E-state index contributed by atoms with van der Waals surface area (Å²) >= 11 is 0. The van der Waals surface area contributed by atoms with Gasteiger partial charge in [0.15, 0.2) is 0 Å². The Balaban J connectivity index is 0.00000216. The summed E-state index contributed by atoms with van der Waals surface area (Å²) in [5, 5.41) is 0. The number of halogens is 2. The lowest BCUT2D eigenvalue weighted by atomic mass is 9.84. The largest absolute Gasteiger partial charge is 0.369 e. The molecule has 2 atom stereocenters. The van der Waals surface area contributed by atoms with Crippen LogP contribution >= 0.6 is 12.4 Å². The maximum atomic E-state index is 13.6. The predicted molar refractivity (Wildman–Crippen MR) is 126 cm³/mol. The van der Waals surface area contributed by atoms with Crippen molar-refractivity contribution in [3.63, 3.8) is 0 Å². The normalized spacial score (nSPS) is 26.6. The molecule has 2 aromatic rings. The highest BCUT2D eigenvalue weighted by Crippen LogP contribution is 2.54. The molecule has 0 bridgehead atoms. The molecule has 5 nitrogen and oxygen atoms in total. The third-order valence-electron chi connectivity index (χ3n) is 8.32. The first kappa shape index (κ1) is 21.9. The van der Waals surface area contributed by atoms with Gasteiger partial charge in [0, 0.05) is 49.4 Å². The Hall–Kier alpha value is -1.92. The van der Waals surface area contributed by atoms with Gasteiger partial charge in [-0.2, -0.15) is 0 Å². The monoisotopic (exact) mass is 458 g/mol. The van der Waals surface area contributed by atoms with E-state index in [4.69, 9.17) is 4.98 Å². The molecule has 1 aromatic heterocycles. The van der Waals surface area contributed by atoms with Crippen LogP contribution in [0.25, 0.3) is 0 Å². The molecule has 6 rings (SSSR count). The molecule has 0 radical (unpaired) electrons. The molecule has 1 N–H and O–H groups in total. The van der Waals surface area contributed by atoms with Gasteiger partial charge in [-0.25, -0.2) is 9.37 Å². The van der Waals surface area contributed by atoms with Gasteiger partial charge in [0.05, 0.1) is 5.69 Å². The molecule has 2 heterocycles. The molecule has 1 aromatic carbocycles. The Morgan fingerprint density at radius 3 is 2.66 bits per heavy atom. The van der Waals surface area contributed by atoms with Crippen molar-refractivity contribution in [1.82, 2.24) is 14.9 Å². The molecule has 7 heteroatoms. The van der Waals surface area contributed by atoms with E-state index in [2.05, 4.69) is 14.8 Å². The number of fused-ring (bicyclic) bond motifs is 1. The summed E-state index contributed by atoms with van der Waals surface area (Å²) in [5.41, 5.74) is 3.58. The second-order valence-electron chi connectivity index (χ2n) is 10.2. The number of aromatic nitrogens is 2. The van der Waals surface area contributed by atoms with Crippen LogP contribution in [-0.2, 0) is 12.8 Å². The molecule has 1 spiro atoms. The van der Waals surface area contributed by atoms with Crippen molar-refractivity contribution < 1.29 is 4.39 Å². The van der Waals surface area contributed by atoms with Crippen LogP contribution in [0.5, 0.6) is 0 Å². The summed E-state index contributed by atoms with van der Waals surface area (Å²) in [6, 6.07) is 7.46. The standard InChI is InChI=1S/C25H31FN4O.ClH/c26-18-2-1-3-19(15-18)29-10-12-30(13-11-29)20-5-4-17(14-20)23-27-22-6-7-25(8-9-25)16-21(22)24(31)28-23;/h1-3,15,17,20H,4-14,16H2,(H,27,28,31);1H/t17-,20-;/m0./s1. The second-order valence-corrected chi connectivity index (χ2v) is 10.2. The van der Waals surface area contributed by atoms with Gasteiger partial charge in [0.2, 0.25) is 0 Å². The minimum absolute atomic E-state index is 0. The number of anilines is 1. The zero-order valence-electron chi connectivity index (χ0n) is 18.5. The zero-order valence-corrected chi connectivity index (χ0v) is 19.3. The van der Waals surface area contributed by atoms with Gasteiger partial charge in [-0.15, -0.1) is 12.4 Å². The van der Waals surface area contributed by atoms with E-state index in [1.165, 1.54) is 25.3 Å². The fraction of sp³-hybridized carbons (Fsp3) is 0.600. The number of hydrogen-bond acceptors (Lipinski definition) is 4. The Morgan fingerprint density at radius 1 is 1.09 bits per heavy atom. The molecule has 3 aliphatic carbocycles. The summed E-state index contributed by atoms with van der Waals surface area (Å²) < 4.78 is 13.6. The van der Waals surface area contributed by atoms with Crippen molar-refractivity contribution in [1.29, 1.82) is 0 Å². The first-order valence-electron chi connectivity index (χ1n) is 12.0. The van der Waals surface area contributed by atoms with Gasteiger partial charge in [0.25, 0.3) is 5.56 Å². The molecule has 2 saturated carbocycles. The van der Waals surface area contributed by atoms with Gasteiger partial charge >= 0.3 is 0 Å². The summed E-state index contributed by atoms with van der Waals surface area (Å²) in [5.74, 6) is 1.12. The van der Waals surface area contributed by atoms with E-state index in [9.17, 15) is 9.18 Å². The lowest BCUT2D eigenvalue weighted by Gasteiger charge is -2.39. The first-order chi connectivity index (χ1) is 15.1. The predicted octanol–water partition coefficient (Wildman–Crippen LogP) is 4.06. The molecular weight excluding hydrogens is 427 g/mol. The average Bonchev–Trinajstić information content (AvgIpc) is 3.34. The number of H-pyrrole nitrogens is 1. The molecule has 3 fully saturated rings. The second kappa shape index (κ2) is 8.45. The fourth-order valence-electron chi connectivity index (χ4n) is 6.15. The Morgan fingerprint density at radius 2 is 1.91 bits per heavy atom. The maximum Gasteiger partial charge on any atom is 0.254 e. The van der Waals surface area contributed by atoms with Crippen molar-refractivity contribution in [3.8, 4) is 0 Å². The van der Waals surface area contributed by atoms with Crippen LogP contribution < -0.4 is 10.5 Å². The molecule has 0 unspecified atom stereocenters. The van der Waals surface area contributed by atoms with Crippen LogP contribution in [0.15, 0.2) is 29.1 Å². The molecule has 172 valence electrons. The van der Waals surface area contributed by atoms with Gasteiger partial charge in [0.1, 0.15) is 11.6 Å². The zero-order chi connectivity index (χ0) is 21.0. The summed E-state index contributed by atoms with van der Waals surface area (Å²) in [6.45, 7) is 3.87. The van der Waals surface area contributed by atoms with Crippen LogP contribution in [0.3, 0.4) is 0 Å². The number of aromatic amines is 1. The summed E-state index contributed by atoms with van der Waals surface area (Å²) in [7, 11) is 0. The highest BCUT2D eigenvalue weighted by Gasteiger charge is 2.46. The maximum absolute atomic E-state index is 13.6. The molecule has 1 aliphatic heterocycles. The highest BCUT2D eigenvalue weighted by molar-refractivity contribution is 5.85. The Kier molecular flexibility index (Phi) is 5.79. The Bertz CT molecular complexity index is 1040. The van der Waals surface area contributed by atoms with Crippen molar-refractivity contribution in [2.75, 3.05) is 31.1 Å². The number of aryl methyl sites for hydroxylation is 1. The quantitative estimate of drug-likeness (QED) is 0.753. The minimum atomic E-state index is -0.169. The van der Waals surface area contributed by atoms with E-state index in [-0.39, 0.29) is 23.8 Å². The first-order valence-corrected chi connectivity index (χ1v) is 12.0. The number of nitrogens with zero attached hydrogens (tertiary/aromatic N) is 3. The van der Waals surface area contributed by atoms with Crippen LogP contribution in [-0.4, -0.2) is 47.1 Å². The molecule has 32 heavy (non-hydrogen) atoms. The van der Waals surface area contributed by atoms with Gasteiger partial charge in [-0.1, -0.05) is 6.07 Å². The van der Waals surface area contributed by atoms with Gasteiger partial charge < -0.3 is 9.88 Å². The Labute approximate surface area is 194 Å². The topological polar surface area (TPSA) is 52.2 Å². The lowest BCUT2D eigenvalue weighted by Crippen LogP contribution is -2.49. The molecular formula is C25H32ClFN4O. The van der Waals surface area contributed by atoms with E-state index >= 15 is 0 Å². The van der Waals surface area contributed by atoms with E-state index < -0.39 is 0 Å². The number of piperazine rings is 1. The van der Waals surface area contributed by atoms with Crippen molar-refractivity contribution in [2.24, 2.45) is 5.41 Å². The minimum Gasteiger partial charge on any atom is -0.369 e. The summed E-state index contributed by atoms with van der Waals surface area (Å²) in [6.07, 6.45) is 9.02. The van der Waals surface area contributed by atoms with Crippen molar-refractivity contribution in [3.05, 3.63) is 57.5 Å². The van der Waals surface area contributed by atoms with Crippen LogP contribution in [0.2, 0.25) is 0 Å². The van der Waals surface area contributed by atoms with Crippen LogP contribution in [0.1, 0.15) is 61.5 Å². The van der Waals surface area contributed by atoms with E-state index in [1.807, 2.05) is 6.07 Å². The number of rotatable bonds is 3.